The number of carbonyl (C=O) groups excluding carboxylic acids is 3. The highest BCUT2D eigenvalue weighted by Crippen LogP contribution is 2.38. The van der Waals surface area contributed by atoms with Crippen LogP contribution < -0.4 is 11.1 Å². The Labute approximate surface area is 202 Å². The normalized spacial score (nSPS) is 18.6. The van der Waals surface area contributed by atoms with Crippen LogP contribution in [0.5, 0.6) is 0 Å². The fourth-order valence-corrected chi connectivity index (χ4v) is 4.75. The lowest BCUT2D eigenvalue weighted by Gasteiger charge is -2.32. The van der Waals surface area contributed by atoms with Gasteiger partial charge in [-0.3, -0.25) is 9.59 Å². The van der Waals surface area contributed by atoms with E-state index < -0.39 is 11.9 Å². The largest absolute Gasteiger partial charge is 0.368 e. The highest BCUT2D eigenvalue weighted by Gasteiger charge is 2.34. The second-order valence-corrected chi connectivity index (χ2v) is 9.18. The van der Waals surface area contributed by atoms with E-state index in [4.69, 9.17) is 5.73 Å². The molecule has 1 aliphatic carbocycles. The minimum absolute atomic E-state index is 0.0157. The number of hydrogen-bond donors (Lipinski definition) is 2. The predicted octanol–water partition coefficient (Wildman–Crippen LogP) is 3.81. The summed E-state index contributed by atoms with van der Waals surface area (Å²) >= 11 is 0. The molecule has 0 radical (unpaired) electrons. The van der Waals surface area contributed by atoms with Crippen molar-refractivity contribution in [2.24, 2.45) is 11.7 Å². The average molecular weight is 465 g/mol. The first kappa shape index (κ1) is 25.3. The van der Waals surface area contributed by atoms with Crippen LogP contribution >= 0.6 is 0 Å². The van der Waals surface area contributed by atoms with Crippen LogP contribution in [-0.4, -0.2) is 48.3 Å². The Balaban J connectivity index is 1.73. The summed E-state index contributed by atoms with van der Waals surface area (Å²) in [6.45, 7) is 3.14. The molecule has 0 heterocycles. The lowest BCUT2D eigenvalue weighted by molar-refractivity contribution is -0.131. The zero-order valence-electron chi connectivity index (χ0n) is 20.4. The van der Waals surface area contributed by atoms with E-state index in [1.807, 2.05) is 37.3 Å². The molecule has 34 heavy (non-hydrogen) atoms. The van der Waals surface area contributed by atoms with E-state index >= 15 is 0 Å². The zero-order valence-corrected chi connectivity index (χ0v) is 20.4. The number of hydrogen-bond acceptors (Lipinski definition) is 3. The van der Waals surface area contributed by atoms with Gasteiger partial charge in [0, 0.05) is 33.1 Å². The molecule has 1 aliphatic rings. The second kappa shape index (κ2) is 11.7. The van der Waals surface area contributed by atoms with Gasteiger partial charge in [0.2, 0.25) is 11.8 Å². The van der Waals surface area contributed by atoms with E-state index in [1.165, 1.54) is 0 Å². The van der Waals surface area contributed by atoms with Crippen LogP contribution in [0.1, 0.15) is 61.3 Å². The van der Waals surface area contributed by atoms with Crippen molar-refractivity contribution in [2.75, 3.05) is 20.6 Å². The molecule has 0 bridgehead atoms. The molecule has 3 unspecified atom stereocenters. The number of nitrogens with two attached hydrogens (primary N) is 1. The summed E-state index contributed by atoms with van der Waals surface area (Å²) in [6.07, 6.45) is 3.75. The molecule has 3 atom stereocenters. The molecule has 3 N–H and O–H groups in total. The first-order chi connectivity index (χ1) is 16.3. The maximum absolute atomic E-state index is 13.3. The topological polar surface area (TPSA) is 95.7 Å². The lowest BCUT2D eigenvalue weighted by Crippen LogP contribution is -2.42. The maximum Gasteiger partial charge on any atom is 0.319 e. The van der Waals surface area contributed by atoms with Crippen molar-refractivity contribution in [1.29, 1.82) is 0 Å². The molecule has 182 valence electrons. The molecule has 7 heteroatoms. The van der Waals surface area contributed by atoms with E-state index in [9.17, 15) is 14.4 Å². The summed E-state index contributed by atoms with van der Waals surface area (Å²) in [5, 5.41) is 2.91. The number of carbonyl (C=O) groups is 3. The fraction of sp³-hybridized carbons (Fsp3) is 0.444. The highest BCUT2D eigenvalue weighted by atomic mass is 16.2. The van der Waals surface area contributed by atoms with Crippen molar-refractivity contribution in [3.63, 3.8) is 0 Å². The van der Waals surface area contributed by atoms with Crippen LogP contribution in [-0.2, 0) is 16.1 Å². The molecule has 3 rings (SSSR count). The molecule has 0 spiro atoms. The monoisotopic (exact) mass is 464 g/mol. The summed E-state index contributed by atoms with van der Waals surface area (Å²) in [5.74, 6) is -0.829. The SMILES string of the molecule is CCN(Cc1ccc(C2CCCCC2C(=O)NC(C(N)=O)c2ccccc2)cc1)C(=O)N(C)C. The molecule has 2 aromatic rings. The quantitative estimate of drug-likeness (QED) is 0.622. The minimum atomic E-state index is -0.840. The second-order valence-electron chi connectivity index (χ2n) is 9.18. The van der Waals surface area contributed by atoms with E-state index in [0.717, 1.165) is 36.8 Å². The Hall–Kier alpha value is -3.35. The molecule has 0 aliphatic heterocycles. The third kappa shape index (κ3) is 6.16. The van der Waals surface area contributed by atoms with Crippen LogP contribution in [0.15, 0.2) is 54.6 Å². The van der Waals surface area contributed by atoms with Crippen molar-refractivity contribution in [2.45, 2.75) is 51.1 Å². The van der Waals surface area contributed by atoms with Crippen molar-refractivity contribution in [3.8, 4) is 0 Å². The molecular weight excluding hydrogens is 428 g/mol. The maximum atomic E-state index is 13.3. The molecule has 0 aromatic heterocycles. The van der Waals surface area contributed by atoms with Crippen LogP contribution in [0.25, 0.3) is 0 Å². The predicted molar refractivity (Wildman–Crippen MR) is 133 cm³/mol. The van der Waals surface area contributed by atoms with Gasteiger partial charge in [0.15, 0.2) is 0 Å². The Morgan fingerprint density at radius 3 is 2.24 bits per heavy atom. The van der Waals surface area contributed by atoms with Gasteiger partial charge in [0.1, 0.15) is 6.04 Å². The average Bonchev–Trinajstić information content (AvgIpc) is 2.86. The summed E-state index contributed by atoms with van der Waals surface area (Å²) in [4.78, 5) is 41.1. The Kier molecular flexibility index (Phi) is 8.68. The Morgan fingerprint density at radius 1 is 1.00 bits per heavy atom. The lowest BCUT2D eigenvalue weighted by atomic mass is 9.74. The molecule has 0 saturated heterocycles. The van der Waals surface area contributed by atoms with E-state index in [1.54, 1.807) is 36.0 Å². The number of urea groups is 1. The molecule has 4 amide bonds. The summed E-state index contributed by atoms with van der Waals surface area (Å²) < 4.78 is 0. The van der Waals surface area contributed by atoms with Gasteiger partial charge >= 0.3 is 6.03 Å². The Bertz CT molecular complexity index is 975. The van der Waals surface area contributed by atoms with Gasteiger partial charge in [-0.15, -0.1) is 0 Å². The zero-order chi connectivity index (χ0) is 24.7. The first-order valence-electron chi connectivity index (χ1n) is 12.0. The van der Waals surface area contributed by atoms with Gasteiger partial charge < -0.3 is 20.9 Å². The number of primary amides is 1. The molecular formula is C27H36N4O3. The molecule has 2 aromatic carbocycles. The van der Waals surface area contributed by atoms with Gasteiger partial charge in [-0.05, 0) is 42.4 Å². The van der Waals surface area contributed by atoms with Crippen LogP contribution in [0, 0.1) is 5.92 Å². The van der Waals surface area contributed by atoms with Gasteiger partial charge in [-0.1, -0.05) is 67.4 Å². The van der Waals surface area contributed by atoms with Gasteiger partial charge in [0.25, 0.3) is 0 Å². The third-order valence-electron chi connectivity index (χ3n) is 6.62. The first-order valence-corrected chi connectivity index (χ1v) is 12.0. The van der Waals surface area contributed by atoms with Gasteiger partial charge in [-0.25, -0.2) is 4.79 Å². The van der Waals surface area contributed by atoms with Gasteiger partial charge in [0.05, 0.1) is 0 Å². The molecule has 1 saturated carbocycles. The summed E-state index contributed by atoms with van der Waals surface area (Å²) in [5.41, 5.74) is 8.47. The van der Waals surface area contributed by atoms with Crippen LogP contribution in [0.2, 0.25) is 0 Å². The van der Waals surface area contributed by atoms with E-state index in [-0.39, 0.29) is 23.8 Å². The van der Waals surface area contributed by atoms with E-state index in [0.29, 0.717) is 18.7 Å². The fourth-order valence-electron chi connectivity index (χ4n) is 4.75. The number of amides is 4. The van der Waals surface area contributed by atoms with Crippen LogP contribution in [0.3, 0.4) is 0 Å². The number of nitrogens with one attached hydrogen (secondary N) is 1. The summed E-state index contributed by atoms with van der Waals surface area (Å²) in [6, 6.07) is 16.5. The smallest absolute Gasteiger partial charge is 0.319 e. The molecule has 7 nitrogen and oxygen atoms in total. The summed E-state index contributed by atoms with van der Waals surface area (Å²) in [7, 11) is 3.51. The van der Waals surface area contributed by atoms with Gasteiger partial charge in [-0.2, -0.15) is 0 Å². The van der Waals surface area contributed by atoms with Crippen molar-refractivity contribution >= 4 is 17.8 Å². The number of benzene rings is 2. The minimum Gasteiger partial charge on any atom is -0.368 e. The van der Waals surface area contributed by atoms with Crippen molar-refractivity contribution < 1.29 is 14.4 Å². The third-order valence-corrected chi connectivity index (χ3v) is 6.62. The Morgan fingerprint density at radius 2 is 1.65 bits per heavy atom. The standard InChI is InChI=1S/C27H36N4O3/c1-4-31(27(34)30(2)3)18-19-14-16-20(17-15-19)22-12-8-9-13-23(22)26(33)29-24(25(28)32)21-10-6-5-7-11-21/h5-7,10-11,14-17,22-24H,4,8-9,12-13,18H2,1-3H3,(H2,28,32)(H,29,33). The number of nitrogens with zero attached hydrogens (tertiary/aromatic N) is 2. The molecule has 1 fully saturated rings. The van der Waals surface area contributed by atoms with Crippen molar-refractivity contribution in [3.05, 3.63) is 71.3 Å². The van der Waals surface area contributed by atoms with Crippen LogP contribution in [0.4, 0.5) is 4.79 Å². The van der Waals surface area contributed by atoms with E-state index in [2.05, 4.69) is 17.4 Å². The number of rotatable bonds is 8. The van der Waals surface area contributed by atoms with Crippen molar-refractivity contribution in [1.82, 2.24) is 15.1 Å². The highest BCUT2D eigenvalue weighted by molar-refractivity contribution is 5.89.